The number of rotatable bonds is 2. The van der Waals surface area contributed by atoms with E-state index in [0.717, 1.165) is 10.8 Å². The number of hydrogen-bond acceptors (Lipinski definition) is 6. The van der Waals surface area contributed by atoms with E-state index in [1.807, 2.05) is 4.98 Å². The summed E-state index contributed by atoms with van der Waals surface area (Å²) in [5.74, 6) is 0. The summed E-state index contributed by atoms with van der Waals surface area (Å²) in [5, 5.41) is 28.1. The maximum absolute atomic E-state index is 11.6. The van der Waals surface area contributed by atoms with E-state index >= 15 is 0 Å². The second-order valence-electron chi connectivity index (χ2n) is 4.25. The summed E-state index contributed by atoms with van der Waals surface area (Å²) in [6.07, 6.45) is -3.33. The fourth-order valence-corrected chi connectivity index (χ4v) is 2.09. The largest absolute Gasteiger partial charge is 0.394 e. The molecule has 0 spiro atoms. The number of nitrogens with one attached hydrogen (secondary N) is 1. The minimum atomic E-state index is -1.24. The molecular weight excluding hydrogens is 280 g/mol. The average molecular weight is 293 g/mol. The lowest BCUT2D eigenvalue weighted by molar-refractivity contribution is -0.202. The Kier molecular flexibility index (Phi) is 4.07. The van der Waals surface area contributed by atoms with Crippen molar-refractivity contribution in [3.8, 4) is 0 Å². The summed E-state index contributed by atoms with van der Waals surface area (Å²) in [5.41, 5.74) is -1.47. The predicted octanol–water partition coefficient (Wildman–Crippen LogP) is -1.81. The fourth-order valence-electron chi connectivity index (χ4n) is 1.94. The molecule has 0 unspecified atom stereocenters. The monoisotopic (exact) mass is 292 g/mol. The van der Waals surface area contributed by atoms with Gasteiger partial charge in [0.2, 0.25) is 0 Å². The Morgan fingerprint density at radius 2 is 2.16 bits per heavy atom. The van der Waals surface area contributed by atoms with Crippen LogP contribution in [-0.2, 0) is 4.74 Å². The van der Waals surface area contributed by atoms with E-state index in [-0.39, 0.29) is 11.4 Å². The van der Waals surface area contributed by atoms with Crippen molar-refractivity contribution < 1.29 is 20.1 Å². The lowest BCUT2D eigenvalue weighted by Crippen LogP contribution is -2.50. The third-order valence-electron chi connectivity index (χ3n) is 2.96. The molecule has 0 radical (unpaired) electrons. The minimum Gasteiger partial charge on any atom is -0.394 e. The molecule has 19 heavy (non-hydrogen) atoms. The molecule has 1 aliphatic heterocycles. The van der Waals surface area contributed by atoms with Crippen molar-refractivity contribution in [1.29, 1.82) is 0 Å². The van der Waals surface area contributed by atoms with Gasteiger partial charge in [-0.25, -0.2) is 4.79 Å². The quantitative estimate of drug-likeness (QED) is 0.509. The normalized spacial score (nSPS) is 31.4. The van der Waals surface area contributed by atoms with Crippen molar-refractivity contribution in [2.24, 2.45) is 0 Å². The zero-order chi connectivity index (χ0) is 14.2. The van der Waals surface area contributed by atoms with Gasteiger partial charge < -0.3 is 20.1 Å². The molecule has 9 heteroatoms. The first-order chi connectivity index (χ1) is 8.93. The van der Waals surface area contributed by atoms with Crippen LogP contribution >= 0.6 is 11.6 Å². The smallest absolute Gasteiger partial charge is 0.330 e. The second-order valence-corrected chi connectivity index (χ2v) is 4.66. The molecule has 1 aromatic heterocycles. The first-order valence-corrected chi connectivity index (χ1v) is 5.95. The van der Waals surface area contributed by atoms with Crippen LogP contribution in [0.1, 0.15) is 12.6 Å². The first kappa shape index (κ1) is 14.2. The molecular formula is C10H13ClN2O6. The molecule has 1 aromatic rings. The van der Waals surface area contributed by atoms with Crippen LogP contribution in [-0.4, -0.2) is 49.8 Å². The van der Waals surface area contributed by atoms with Crippen LogP contribution in [0.15, 0.2) is 15.8 Å². The van der Waals surface area contributed by atoms with Crippen LogP contribution in [0.25, 0.3) is 0 Å². The van der Waals surface area contributed by atoms with E-state index in [0.29, 0.717) is 0 Å². The Bertz CT molecular complexity index is 570. The van der Waals surface area contributed by atoms with Crippen LogP contribution in [0.5, 0.6) is 0 Å². The molecule has 0 saturated carbocycles. The van der Waals surface area contributed by atoms with Crippen LogP contribution in [0.4, 0.5) is 0 Å². The highest BCUT2D eigenvalue weighted by Gasteiger charge is 2.37. The molecule has 0 bridgehead atoms. The van der Waals surface area contributed by atoms with E-state index in [1.165, 1.54) is 0 Å². The third-order valence-corrected chi connectivity index (χ3v) is 3.23. The van der Waals surface area contributed by atoms with Gasteiger partial charge in [0.1, 0.15) is 23.5 Å². The highest BCUT2D eigenvalue weighted by Crippen LogP contribution is 2.26. The standard InChI is InChI=1S/C10H13ClN2O6/c11-4-2-13(10(18)12-9(4)17)7-1-5(15)8(16)6(3-14)19-7/h2,5-8,14-16H,1,3H2,(H,12,17,18)/t5-,6-,7-,8+/m1/s1. The highest BCUT2D eigenvalue weighted by molar-refractivity contribution is 6.30. The Hall–Kier alpha value is -1.19. The molecule has 2 rings (SSSR count). The van der Waals surface area contributed by atoms with E-state index in [4.69, 9.17) is 21.4 Å². The minimum absolute atomic E-state index is 0.0695. The Morgan fingerprint density at radius 3 is 2.79 bits per heavy atom. The number of ether oxygens (including phenoxy) is 1. The Labute approximate surface area is 111 Å². The fraction of sp³-hybridized carbons (Fsp3) is 0.600. The molecule has 1 aliphatic rings. The maximum Gasteiger partial charge on any atom is 0.330 e. The SMILES string of the molecule is O=c1[nH]c(=O)n([C@H]2C[C@@H](O)[C@H](O)[C@@H](CO)O2)cc1Cl. The van der Waals surface area contributed by atoms with Gasteiger partial charge in [0.15, 0.2) is 0 Å². The van der Waals surface area contributed by atoms with Crippen molar-refractivity contribution in [1.82, 2.24) is 9.55 Å². The van der Waals surface area contributed by atoms with E-state index in [9.17, 15) is 19.8 Å². The van der Waals surface area contributed by atoms with Gasteiger partial charge in [-0.3, -0.25) is 14.3 Å². The zero-order valence-electron chi connectivity index (χ0n) is 9.69. The van der Waals surface area contributed by atoms with Gasteiger partial charge >= 0.3 is 5.69 Å². The van der Waals surface area contributed by atoms with E-state index in [2.05, 4.69) is 0 Å². The molecule has 0 aliphatic carbocycles. The van der Waals surface area contributed by atoms with Crippen molar-refractivity contribution >= 4 is 11.6 Å². The van der Waals surface area contributed by atoms with E-state index < -0.39 is 42.4 Å². The number of aromatic amines is 1. The molecule has 1 saturated heterocycles. The van der Waals surface area contributed by atoms with Crippen LogP contribution < -0.4 is 11.2 Å². The van der Waals surface area contributed by atoms with Gasteiger partial charge in [0, 0.05) is 12.6 Å². The van der Waals surface area contributed by atoms with Gasteiger partial charge in [-0.1, -0.05) is 11.6 Å². The Balaban J connectivity index is 2.35. The molecule has 106 valence electrons. The number of hydrogen-bond donors (Lipinski definition) is 4. The average Bonchev–Trinajstić information content (AvgIpc) is 2.37. The highest BCUT2D eigenvalue weighted by atomic mass is 35.5. The third kappa shape index (κ3) is 2.72. The Morgan fingerprint density at radius 1 is 1.47 bits per heavy atom. The molecule has 0 amide bonds. The molecule has 4 atom stereocenters. The summed E-state index contributed by atoms with van der Waals surface area (Å²) in [4.78, 5) is 24.8. The zero-order valence-corrected chi connectivity index (χ0v) is 10.4. The maximum atomic E-state index is 11.6. The van der Waals surface area contributed by atoms with Gasteiger partial charge in [-0.15, -0.1) is 0 Å². The van der Waals surface area contributed by atoms with Crippen molar-refractivity contribution in [3.63, 3.8) is 0 Å². The topological polar surface area (TPSA) is 125 Å². The lowest BCUT2D eigenvalue weighted by Gasteiger charge is -2.36. The van der Waals surface area contributed by atoms with Crippen LogP contribution in [0.2, 0.25) is 5.02 Å². The van der Waals surface area contributed by atoms with Gasteiger partial charge in [-0.05, 0) is 0 Å². The molecule has 8 nitrogen and oxygen atoms in total. The summed E-state index contributed by atoms with van der Waals surface area (Å²) in [6.45, 7) is -0.513. The number of nitrogens with zero attached hydrogens (tertiary/aromatic N) is 1. The summed E-state index contributed by atoms with van der Waals surface area (Å²) >= 11 is 5.62. The lowest BCUT2D eigenvalue weighted by atomic mass is 10.0. The van der Waals surface area contributed by atoms with Crippen molar-refractivity contribution in [2.45, 2.75) is 31.0 Å². The number of aliphatic hydroxyl groups excluding tert-OH is 3. The van der Waals surface area contributed by atoms with E-state index in [1.54, 1.807) is 0 Å². The number of H-pyrrole nitrogens is 1. The molecule has 2 heterocycles. The molecule has 0 aromatic carbocycles. The summed E-state index contributed by atoms with van der Waals surface area (Å²) in [7, 11) is 0. The number of aliphatic hydroxyl groups is 3. The second kappa shape index (κ2) is 5.43. The summed E-state index contributed by atoms with van der Waals surface area (Å²) in [6, 6.07) is 0. The van der Waals surface area contributed by atoms with Crippen LogP contribution in [0.3, 0.4) is 0 Å². The van der Waals surface area contributed by atoms with Crippen molar-refractivity contribution in [3.05, 3.63) is 32.1 Å². The number of halogens is 1. The van der Waals surface area contributed by atoms with Gasteiger partial charge in [0.25, 0.3) is 5.56 Å². The first-order valence-electron chi connectivity index (χ1n) is 5.57. The molecule has 4 N–H and O–H groups in total. The predicted molar refractivity (Wildman–Crippen MR) is 64.0 cm³/mol. The van der Waals surface area contributed by atoms with Gasteiger partial charge in [-0.2, -0.15) is 0 Å². The van der Waals surface area contributed by atoms with Gasteiger partial charge in [0.05, 0.1) is 12.7 Å². The summed E-state index contributed by atoms with van der Waals surface area (Å²) < 4.78 is 6.30. The van der Waals surface area contributed by atoms with Crippen molar-refractivity contribution in [2.75, 3.05) is 6.61 Å². The van der Waals surface area contributed by atoms with Crippen LogP contribution in [0, 0.1) is 0 Å². The molecule has 1 fully saturated rings. The number of aromatic nitrogens is 2.